The molecule has 2 amide bonds. The molecule has 3 rings (SSSR count). The van der Waals surface area contributed by atoms with Gasteiger partial charge in [-0.2, -0.15) is 0 Å². The number of nitrogens with zero attached hydrogens (tertiary/aromatic N) is 1. The summed E-state index contributed by atoms with van der Waals surface area (Å²) >= 11 is 0. The van der Waals surface area contributed by atoms with Gasteiger partial charge in [-0.05, 0) is 37.8 Å². The van der Waals surface area contributed by atoms with Crippen LogP contribution in [0.5, 0.6) is 0 Å². The Bertz CT molecular complexity index is 608. The molecule has 1 saturated heterocycles. The third kappa shape index (κ3) is 3.66. The highest BCUT2D eigenvalue weighted by Gasteiger charge is 2.38. The first-order valence-corrected chi connectivity index (χ1v) is 8.87. The van der Waals surface area contributed by atoms with E-state index in [2.05, 4.69) is 5.32 Å². The van der Waals surface area contributed by atoms with Crippen LogP contribution in [0.4, 0.5) is 0 Å². The number of carbonyl (C=O) groups is 3. The van der Waals surface area contributed by atoms with Crippen molar-refractivity contribution in [1.29, 1.82) is 0 Å². The smallest absolute Gasteiger partial charge is 0.289 e. The maximum absolute atomic E-state index is 12.6. The van der Waals surface area contributed by atoms with Gasteiger partial charge in [-0.1, -0.05) is 37.5 Å². The number of ketones is 1. The minimum Gasteiger partial charge on any atom is -0.347 e. The average molecular weight is 328 g/mol. The van der Waals surface area contributed by atoms with Gasteiger partial charge in [-0.15, -0.1) is 0 Å². The van der Waals surface area contributed by atoms with Gasteiger partial charge in [-0.25, -0.2) is 0 Å². The zero-order chi connectivity index (χ0) is 16.9. The molecule has 24 heavy (non-hydrogen) atoms. The van der Waals surface area contributed by atoms with E-state index in [1.807, 2.05) is 6.07 Å². The number of benzene rings is 1. The van der Waals surface area contributed by atoms with Gasteiger partial charge >= 0.3 is 0 Å². The van der Waals surface area contributed by atoms with Crippen LogP contribution in [-0.4, -0.2) is 41.1 Å². The van der Waals surface area contributed by atoms with Crippen molar-refractivity contribution in [2.45, 2.75) is 57.0 Å². The fraction of sp³-hybridized carbons (Fsp3) is 0.526. The molecule has 2 aliphatic rings. The summed E-state index contributed by atoms with van der Waals surface area (Å²) in [5, 5.41) is 2.87. The fourth-order valence-corrected chi connectivity index (χ4v) is 3.68. The van der Waals surface area contributed by atoms with Crippen LogP contribution in [0.3, 0.4) is 0 Å². The highest BCUT2D eigenvalue weighted by molar-refractivity contribution is 6.38. The van der Waals surface area contributed by atoms with Gasteiger partial charge < -0.3 is 10.2 Å². The first-order chi connectivity index (χ1) is 11.7. The quantitative estimate of drug-likeness (QED) is 0.863. The predicted molar refractivity (Wildman–Crippen MR) is 90.5 cm³/mol. The summed E-state index contributed by atoms with van der Waals surface area (Å²) in [4.78, 5) is 39.0. The van der Waals surface area contributed by atoms with E-state index in [0.29, 0.717) is 18.5 Å². The molecule has 1 aliphatic carbocycles. The lowest BCUT2D eigenvalue weighted by Gasteiger charge is -2.26. The lowest BCUT2D eigenvalue weighted by atomic mass is 9.95. The molecule has 2 fully saturated rings. The van der Waals surface area contributed by atoms with Crippen LogP contribution in [0.25, 0.3) is 0 Å². The number of hydrogen-bond donors (Lipinski definition) is 1. The number of amides is 2. The van der Waals surface area contributed by atoms with Crippen molar-refractivity contribution in [2.75, 3.05) is 6.54 Å². The van der Waals surface area contributed by atoms with Crippen molar-refractivity contribution < 1.29 is 14.4 Å². The summed E-state index contributed by atoms with van der Waals surface area (Å²) < 4.78 is 0. The number of carbonyl (C=O) groups excluding carboxylic acids is 3. The molecule has 0 radical (unpaired) electrons. The van der Waals surface area contributed by atoms with Gasteiger partial charge in [0.25, 0.3) is 11.8 Å². The normalized spacial score (nSPS) is 21.5. The standard InChI is InChI=1S/C19H24N2O3/c22-17(18(23)20-15-10-5-2-6-11-15)16-12-7-13-21(16)19(24)14-8-3-1-4-9-14/h1,3-4,8-9,15-16H,2,5-7,10-13H2,(H,20,23)/t16-/m0/s1. The predicted octanol–water partition coefficient (Wildman–Crippen LogP) is 2.31. The second-order valence-electron chi connectivity index (χ2n) is 6.70. The molecule has 1 aliphatic heterocycles. The molecule has 0 unspecified atom stereocenters. The first kappa shape index (κ1) is 16.7. The maximum Gasteiger partial charge on any atom is 0.289 e. The Balaban J connectivity index is 1.64. The molecular formula is C19H24N2O3. The van der Waals surface area contributed by atoms with Crippen LogP contribution >= 0.6 is 0 Å². The topological polar surface area (TPSA) is 66.5 Å². The molecule has 0 bridgehead atoms. The van der Waals surface area contributed by atoms with Crippen molar-refractivity contribution in [3.63, 3.8) is 0 Å². The zero-order valence-electron chi connectivity index (χ0n) is 13.9. The molecule has 1 heterocycles. The number of likely N-dealkylation sites (tertiary alicyclic amines) is 1. The van der Waals surface area contributed by atoms with E-state index in [1.54, 1.807) is 29.2 Å². The zero-order valence-corrected chi connectivity index (χ0v) is 13.9. The Kier molecular flexibility index (Phi) is 5.28. The van der Waals surface area contributed by atoms with Crippen LogP contribution in [-0.2, 0) is 9.59 Å². The van der Waals surface area contributed by atoms with E-state index in [0.717, 1.165) is 32.1 Å². The lowest BCUT2D eigenvalue weighted by Crippen LogP contribution is -2.49. The van der Waals surface area contributed by atoms with E-state index >= 15 is 0 Å². The van der Waals surface area contributed by atoms with Crippen molar-refractivity contribution in [2.24, 2.45) is 0 Å². The molecule has 1 aromatic carbocycles. The van der Waals surface area contributed by atoms with Gasteiger partial charge in [-0.3, -0.25) is 14.4 Å². The van der Waals surface area contributed by atoms with Gasteiger partial charge in [0.05, 0.1) is 0 Å². The fourth-order valence-electron chi connectivity index (χ4n) is 3.68. The number of hydrogen-bond acceptors (Lipinski definition) is 3. The largest absolute Gasteiger partial charge is 0.347 e. The van der Waals surface area contributed by atoms with Crippen LogP contribution in [0, 0.1) is 0 Å². The molecule has 0 aromatic heterocycles. The molecular weight excluding hydrogens is 304 g/mol. The Hall–Kier alpha value is -2.17. The summed E-state index contributed by atoms with van der Waals surface area (Å²) in [6.45, 7) is 0.529. The molecule has 1 N–H and O–H groups in total. The summed E-state index contributed by atoms with van der Waals surface area (Å²) in [6.07, 6.45) is 6.60. The number of rotatable bonds is 4. The average Bonchev–Trinajstić information content (AvgIpc) is 3.11. The Labute approximate surface area is 142 Å². The molecule has 5 nitrogen and oxygen atoms in total. The second-order valence-corrected chi connectivity index (χ2v) is 6.70. The lowest BCUT2D eigenvalue weighted by molar-refractivity contribution is -0.140. The second kappa shape index (κ2) is 7.60. The van der Waals surface area contributed by atoms with E-state index in [4.69, 9.17) is 0 Å². The van der Waals surface area contributed by atoms with Crippen molar-refractivity contribution >= 4 is 17.6 Å². The van der Waals surface area contributed by atoms with Gasteiger partial charge in [0.2, 0.25) is 5.78 Å². The molecule has 5 heteroatoms. The van der Waals surface area contributed by atoms with Crippen LogP contribution in [0.2, 0.25) is 0 Å². The van der Waals surface area contributed by atoms with E-state index in [-0.39, 0.29) is 11.9 Å². The number of Topliss-reactive ketones (excluding diaryl/α,β-unsaturated/α-hetero) is 1. The number of nitrogens with one attached hydrogen (secondary N) is 1. The van der Waals surface area contributed by atoms with E-state index in [9.17, 15) is 14.4 Å². The van der Waals surface area contributed by atoms with Crippen LogP contribution in [0.15, 0.2) is 30.3 Å². The van der Waals surface area contributed by atoms with Crippen molar-refractivity contribution in [1.82, 2.24) is 10.2 Å². The molecule has 0 spiro atoms. The molecule has 128 valence electrons. The molecule has 1 saturated carbocycles. The summed E-state index contributed by atoms with van der Waals surface area (Å²) in [6, 6.07) is 8.41. The highest BCUT2D eigenvalue weighted by atomic mass is 16.2. The third-order valence-corrected chi connectivity index (χ3v) is 5.00. The third-order valence-electron chi connectivity index (χ3n) is 5.00. The van der Waals surface area contributed by atoms with Crippen LogP contribution < -0.4 is 5.32 Å². The van der Waals surface area contributed by atoms with Crippen LogP contribution in [0.1, 0.15) is 55.3 Å². The van der Waals surface area contributed by atoms with E-state index < -0.39 is 17.7 Å². The van der Waals surface area contributed by atoms with E-state index in [1.165, 1.54) is 6.42 Å². The monoisotopic (exact) mass is 328 g/mol. The summed E-state index contributed by atoms with van der Waals surface area (Å²) in [5.41, 5.74) is 0.560. The minimum atomic E-state index is -0.624. The molecule has 1 aromatic rings. The summed E-state index contributed by atoms with van der Waals surface area (Å²) in [5.74, 6) is -1.17. The Morgan fingerprint density at radius 2 is 1.62 bits per heavy atom. The Morgan fingerprint density at radius 1 is 0.917 bits per heavy atom. The van der Waals surface area contributed by atoms with Crippen molar-refractivity contribution in [3.8, 4) is 0 Å². The molecule has 1 atom stereocenters. The van der Waals surface area contributed by atoms with Crippen molar-refractivity contribution in [3.05, 3.63) is 35.9 Å². The Morgan fingerprint density at radius 3 is 2.33 bits per heavy atom. The highest BCUT2D eigenvalue weighted by Crippen LogP contribution is 2.22. The summed E-state index contributed by atoms with van der Waals surface area (Å²) in [7, 11) is 0. The van der Waals surface area contributed by atoms with Gasteiger partial charge in [0.1, 0.15) is 6.04 Å². The van der Waals surface area contributed by atoms with Gasteiger partial charge in [0, 0.05) is 18.2 Å². The minimum absolute atomic E-state index is 0.106. The maximum atomic E-state index is 12.6. The first-order valence-electron chi connectivity index (χ1n) is 8.87. The van der Waals surface area contributed by atoms with Gasteiger partial charge in [0.15, 0.2) is 0 Å². The SMILES string of the molecule is O=C(NC1CCCCC1)C(=O)[C@@H]1CCCN1C(=O)c1ccccc1.